The van der Waals surface area contributed by atoms with Gasteiger partial charge in [-0.3, -0.25) is 4.79 Å². The minimum atomic E-state index is 0.0764. The Hall–Kier alpha value is -1.55. The molecule has 0 bridgehead atoms. The number of rotatable bonds is 4. The molecule has 2 rings (SSSR count). The predicted octanol–water partition coefficient (Wildman–Crippen LogP) is 1.51. The lowest BCUT2D eigenvalue weighted by Crippen LogP contribution is -2.29. The van der Waals surface area contributed by atoms with E-state index in [-0.39, 0.29) is 5.91 Å². The molecule has 1 aromatic carbocycles. The number of carbonyl (C=O) groups excluding carboxylic acids is 1. The van der Waals surface area contributed by atoms with Crippen molar-refractivity contribution in [2.45, 2.75) is 13.3 Å². The smallest absolute Gasteiger partial charge is 0.253 e. The summed E-state index contributed by atoms with van der Waals surface area (Å²) in [6.45, 7) is 4.77. The summed E-state index contributed by atoms with van der Waals surface area (Å²) in [5.74, 6) is 1.27. The van der Waals surface area contributed by atoms with Crippen molar-refractivity contribution in [1.82, 2.24) is 4.90 Å². The Morgan fingerprint density at radius 3 is 3.06 bits per heavy atom. The molecule has 98 valence electrons. The number of nitrogens with zero attached hydrogens (tertiary/aromatic N) is 1. The lowest BCUT2D eigenvalue weighted by molar-refractivity contribution is 0.0787. The SMILES string of the molecule is CCOc1cccc(C(=O)N2CC[C@@H](CN)C2)c1. The van der Waals surface area contributed by atoms with E-state index >= 15 is 0 Å². The van der Waals surface area contributed by atoms with Crippen molar-refractivity contribution in [2.24, 2.45) is 11.7 Å². The van der Waals surface area contributed by atoms with Crippen LogP contribution in [0.5, 0.6) is 5.75 Å². The van der Waals surface area contributed by atoms with Crippen LogP contribution in [-0.2, 0) is 0 Å². The molecule has 0 saturated carbocycles. The second kappa shape index (κ2) is 5.87. The first-order chi connectivity index (χ1) is 8.74. The molecule has 0 aromatic heterocycles. The van der Waals surface area contributed by atoms with Gasteiger partial charge in [0.05, 0.1) is 6.61 Å². The van der Waals surface area contributed by atoms with E-state index in [0.29, 0.717) is 24.6 Å². The molecular formula is C14H20N2O2. The summed E-state index contributed by atoms with van der Waals surface area (Å²) in [6, 6.07) is 7.36. The van der Waals surface area contributed by atoms with Gasteiger partial charge in [-0.2, -0.15) is 0 Å². The van der Waals surface area contributed by atoms with Gasteiger partial charge in [0.15, 0.2) is 0 Å². The van der Waals surface area contributed by atoms with Gasteiger partial charge < -0.3 is 15.4 Å². The number of nitrogens with two attached hydrogens (primary N) is 1. The summed E-state index contributed by atoms with van der Waals surface area (Å²) >= 11 is 0. The van der Waals surface area contributed by atoms with Gasteiger partial charge in [-0.05, 0) is 44.0 Å². The zero-order valence-corrected chi connectivity index (χ0v) is 10.8. The van der Waals surface area contributed by atoms with Crippen molar-refractivity contribution >= 4 is 5.91 Å². The molecule has 1 atom stereocenters. The number of hydrogen-bond acceptors (Lipinski definition) is 3. The summed E-state index contributed by atoms with van der Waals surface area (Å²) in [5, 5.41) is 0. The fraction of sp³-hybridized carbons (Fsp3) is 0.500. The maximum absolute atomic E-state index is 12.3. The molecule has 2 N–H and O–H groups in total. The second-order valence-electron chi connectivity index (χ2n) is 4.60. The van der Waals surface area contributed by atoms with E-state index in [0.717, 1.165) is 25.3 Å². The van der Waals surface area contributed by atoms with E-state index in [1.165, 1.54) is 0 Å². The molecule has 18 heavy (non-hydrogen) atoms. The molecule has 0 spiro atoms. The average molecular weight is 248 g/mol. The molecule has 1 aliphatic rings. The quantitative estimate of drug-likeness (QED) is 0.878. The highest BCUT2D eigenvalue weighted by Crippen LogP contribution is 2.20. The molecule has 1 saturated heterocycles. The average Bonchev–Trinajstić information content (AvgIpc) is 2.87. The van der Waals surface area contributed by atoms with E-state index < -0.39 is 0 Å². The van der Waals surface area contributed by atoms with Crippen LogP contribution in [0.1, 0.15) is 23.7 Å². The standard InChI is InChI=1S/C14H20N2O2/c1-2-18-13-5-3-4-12(8-13)14(17)16-7-6-11(9-15)10-16/h3-5,8,11H,2,6-7,9-10,15H2,1H3/t11-/m0/s1. The zero-order valence-electron chi connectivity index (χ0n) is 10.8. The Labute approximate surface area is 108 Å². The summed E-state index contributed by atoms with van der Waals surface area (Å²) < 4.78 is 5.41. The van der Waals surface area contributed by atoms with Gasteiger partial charge in [-0.15, -0.1) is 0 Å². The minimum absolute atomic E-state index is 0.0764. The van der Waals surface area contributed by atoms with Crippen LogP contribution >= 0.6 is 0 Å². The summed E-state index contributed by atoms with van der Waals surface area (Å²) in [7, 11) is 0. The monoisotopic (exact) mass is 248 g/mol. The lowest BCUT2D eigenvalue weighted by atomic mass is 10.1. The van der Waals surface area contributed by atoms with Crippen molar-refractivity contribution in [3.05, 3.63) is 29.8 Å². The van der Waals surface area contributed by atoms with Crippen LogP contribution in [0.4, 0.5) is 0 Å². The van der Waals surface area contributed by atoms with Crippen LogP contribution in [-0.4, -0.2) is 37.0 Å². The molecule has 0 radical (unpaired) electrons. The van der Waals surface area contributed by atoms with Crippen molar-refractivity contribution < 1.29 is 9.53 Å². The van der Waals surface area contributed by atoms with Gasteiger partial charge in [0.25, 0.3) is 5.91 Å². The maximum atomic E-state index is 12.3. The Bertz CT molecular complexity index is 420. The van der Waals surface area contributed by atoms with E-state index in [2.05, 4.69) is 0 Å². The van der Waals surface area contributed by atoms with Gasteiger partial charge in [-0.25, -0.2) is 0 Å². The number of ether oxygens (including phenoxy) is 1. The maximum Gasteiger partial charge on any atom is 0.253 e. The molecule has 4 heteroatoms. The molecule has 1 aliphatic heterocycles. The lowest BCUT2D eigenvalue weighted by Gasteiger charge is -2.16. The van der Waals surface area contributed by atoms with Crippen molar-refractivity contribution in [3.8, 4) is 5.75 Å². The molecule has 0 aliphatic carbocycles. The molecular weight excluding hydrogens is 228 g/mol. The number of benzene rings is 1. The summed E-state index contributed by atoms with van der Waals surface area (Å²) in [5.41, 5.74) is 6.33. The third kappa shape index (κ3) is 2.82. The molecule has 1 fully saturated rings. The third-order valence-corrected chi connectivity index (χ3v) is 3.30. The van der Waals surface area contributed by atoms with E-state index in [4.69, 9.17) is 10.5 Å². The largest absolute Gasteiger partial charge is 0.494 e. The summed E-state index contributed by atoms with van der Waals surface area (Å²) in [6.07, 6.45) is 1.01. The number of amides is 1. The minimum Gasteiger partial charge on any atom is -0.494 e. The van der Waals surface area contributed by atoms with Gasteiger partial charge in [0.1, 0.15) is 5.75 Å². The highest BCUT2D eigenvalue weighted by Gasteiger charge is 2.26. The Morgan fingerprint density at radius 2 is 2.39 bits per heavy atom. The second-order valence-corrected chi connectivity index (χ2v) is 4.60. The molecule has 1 amide bonds. The number of likely N-dealkylation sites (tertiary alicyclic amines) is 1. The first kappa shape index (κ1) is 12.9. The predicted molar refractivity (Wildman–Crippen MR) is 70.7 cm³/mol. The van der Waals surface area contributed by atoms with Crippen molar-refractivity contribution in [1.29, 1.82) is 0 Å². The molecule has 4 nitrogen and oxygen atoms in total. The fourth-order valence-electron chi connectivity index (χ4n) is 2.28. The third-order valence-electron chi connectivity index (χ3n) is 3.30. The van der Waals surface area contributed by atoms with E-state index in [9.17, 15) is 4.79 Å². The first-order valence-electron chi connectivity index (χ1n) is 6.46. The molecule has 1 aromatic rings. The first-order valence-corrected chi connectivity index (χ1v) is 6.46. The number of hydrogen-bond donors (Lipinski definition) is 1. The fourth-order valence-corrected chi connectivity index (χ4v) is 2.28. The normalized spacial score (nSPS) is 19.0. The highest BCUT2D eigenvalue weighted by molar-refractivity contribution is 5.94. The Morgan fingerprint density at radius 1 is 1.56 bits per heavy atom. The van der Waals surface area contributed by atoms with Crippen molar-refractivity contribution in [2.75, 3.05) is 26.2 Å². The van der Waals surface area contributed by atoms with Crippen LogP contribution in [0, 0.1) is 5.92 Å². The van der Waals surface area contributed by atoms with Crippen LogP contribution in [0.2, 0.25) is 0 Å². The summed E-state index contributed by atoms with van der Waals surface area (Å²) in [4.78, 5) is 14.2. The van der Waals surface area contributed by atoms with Crippen LogP contribution in [0.15, 0.2) is 24.3 Å². The highest BCUT2D eigenvalue weighted by atomic mass is 16.5. The van der Waals surface area contributed by atoms with E-state index in [1.54, 1.807) is 0 Å². The molecule has 1 heterocycles. The van der Waals surface area contributed by atoms with Crippen LogP contribution in [0.3, 0.4) is 0 Å². The van der Waals surface area contributed by atoms with Crippen LogP contribution in [0.25, 0.3) is 0 Å². The van der Waals surface area contributed by atoms with E-state index in [1.807, 2.05) is 36.1 Å². The van der Waals surface area contributed by atoms with Gasteiger partial charge in [-0.1, -0.05) is 6.07 Å². The zero-order chi connectivity index (χ0) is 13.0. The van der Waals surface area contributed by atoms with Crippen molar-refractivity contribution in [3.63, 3.8) is 0 Å². The topological polar surface area (TPSA) is 55.6 Å². The number of carbonyl (C=O) groups is 1. The van der Waals surface area contributed by atoms with Crippen LogP contribution < -0.4 is 10.5 Å². The Kier molecular flexibility index (Phi) is 4.20. The molecule has 0 unspecified atom stereocenters. The Balaban J connectivity index is 2.07. The van der Waals surface area contributed by atoms with Gasteiger partial charge in [0, 0.05) is 18.7 Å². The van der Waals surface area contributed by atoms with Gasteiger partial charge >= 0.3 is 0 Å². The van der Waals surface area contributed by atoms with Gasteiger partial charge in [0.2, 0.25) is 0 Å².